The smallest absolute Gasteiger partial charge is 0.230 e. The fourth-order valence-corrected chi connectivity index (χ4v) is 3.73. The van der Waals surface area contributed by atoms with Crippen molar-refractivity contribution in [3.05, 3.63) is 65.4 Å². The molecule has 0 aliphatic rings. The minimum atomic E-state index is -0.0986. The highest BCUT2D eigenvalue weighted by molar-refractivity contribution is 6.01. The third-order valence-corrected chi connectivity index (χ3v) is 5.04. The predicted molar refractivity (Wildman–Crippen MR) is 119 cm³/mol. The molecule has 3 aromatic heterocycles. The van der Waals surface area contributed by atoms with Crippen molar-refractivity contribution in [2.75, 3.05) is 11.1 Å². The molecule has 1 amide bonds. The average Bonchev–Trinajstić information content (AvgIpc) is 2.98. The van der Waals surface area contributed by atoms with Gasteiger partial charge in [-0.05, 0) is 56.2 Å². The van der Waals surface area contributed by atoms with Gasteiger partial charge in [-0.15, -0.1) is 0 Å². The molecule has 3 N–H and O–H groups in total. The maximum atomic E-state index is 12.4. The second-order valence-electron chi connectivity index (χ2n) is 7.53. The van der Waals surface area contributed by atoms with E-state index < -0.39 is 0 Å². The molecule has 0 unspecified atom stereocenters. The number of aromatic nitrogens is 4. The number of aryl methyl sites for hydroxylation is 4. The minimum Gasteiger partial charge on any atom is -0.383 e. The molecule has 0 aliphatic heterocycles. The van der Waals surface area contributed by atoms with Crippen molar-refractivity contribution < 1.29 is 4.79 Å². The van der Waals surface area contributed by atoms with Crippen LogP contribution in [0.4, 0.5) is 11.5 Å². The van der Waals surface area contributed by atoms with E-state index in [4.69, 9.17) is 5.73 Å². The lowest BCUT2D eigenvalue weighted by Crippen LogP contribution is -2.15. The largest absolute Gasteiger partial charge is 0.383 e. The monoisotopic (exact) mass is 400 g/mol. The van der Waals surface area contributed by atoms with Gasteiger partial charge in [-0.3, -0.25) is 9.78 Å². The van der Waals surface area contributed by atoms with Gasteiger partial charge in [0.15, 0.2) is 0 Å². The molecule has 0 saturated heterocycles. The summed E-state index contributed by atoms with van der Waals surface area (Å²) in [6.07, 6.45) is 2.25. The normalized spacial score (nSPS) is 11.1. The number of nitrogens with two attached hydrogens (primary N) is 1. The molecule has 30 heavy (non-hydrogen) atoms. The number of nitrogen functional groups attached to an aromatic ring is 1. The van der Waals surface area contributed by atoms with Crippen LogP contribution in [0.5, 0.6) is 0 Å². The summed E-state index contributed by atoms with van der Waals surface area (Å²) in [5, 5.41) is 3.80. The minimum absolute atomic E-state index is 0.0986. The molecule has 0 aliphatic carbocycles. The Bertz CT molecular complexity index is 1270. The van der Waals surface area contributed by atoms with Crippen LogP contribution in [0.2, 0.25) is 0 Å². The lowest BCUT2D eigenvalue weighted by atomic mass is 10.00. The molecule has 3 heterocycles. The van der Waals surface area contributed by atoms with Crippen molar-refractivity contribution in [2.24, 2.45) is 7.05 Å². The van der Waals surface area contributed by atoms with Gasteiger partial charge in [-0.2, -0.15) is 0 Å². The number of carbonyl (C=O) groups is 1. The zero-order chi connectivity index (χ0) is 21.4. The third kappa shape index (κ3) is 3.74. The zero-order valence-corrected chi connectivity index (χ0v) is 17.5. The molecule has 4 aromatic rings. The van der Waals surface area contributed by atoms with E-state index in [-0.39, 0.29) is 12.3 Å². The van der Waals surface area contributed by atoms with Gasteiger partial charge in [0.1, 0.15) is 17.3 Å². The fraction of sp³-hybridized carbons (Fsp3) is 0.217. The SMILES string of the molecule is Cc1cccc(CC(=O)Nc2ccc(-c3cn(C)c4nc(C)nc(N)c34)c(C)c2)n1. The van der Waals surface area contributed by atoms with E-state index in [0.717, 1.165) is 44.8 Å². The second kappa shape index (κ2) is 7.59. The summed E-state index contributed by atoms with van der Waals surface area (Å²) in [7, 11) is 1.95. The van der Waals surface area contributed by atoms with Crippen LogP contribution in [0.1, 0.15) is 22.8 Å². The standard InChI is InChI=1S/C23H24N6O/c1-13-10-17(28-20(30)11-16-7-5-6-14(2)25-16)8-9-18(13)19-12-29(4)23-21(19)22(24)26-15(3)27-23/h5-10,12H,11H2,1-4H3,(H,28,30)(H2,24,26,27). The van der Waals surface area contributed by atoms with E-state index in [2.05, 4.69) is 20.3 Å². The van der Waals surface area contributed by atoms with Gasteiger partial charge in [0, 0.05) is 35.9 Å². The van der Waals surface area contributed by atoms with Gasteiger partial charge < -0.3 is 15.6 Å². The first-order valence-corrected chi connectivity index (χ1v) is 9.74. The van der Waals surface area contributed by atoms with E-state index in [1.54, 1.807) is 0 Å². The zero-order valence-electron chi connectivity index (χ0n) is 17.5. The lowest BCUT2D eigenvalue weighted by Gasteiger charge is -2.10. The first kappa shape index (κ1) is 19.6. The number of rotatable bonds is 4. The number of benzene rings is 1. The van der Waals surface area contributed by atoms with Gasteiger partial charge in [-0.25, -0.2) is 9.97 Å². The summed E-state index contributed by atoms with van der Waals surface area (Å²) in [6, 6.07) is 11.5. The summed E-state index contributed by atoms with van der Waals surface area (Å²) in [5.41, 5.74) is 12.4. The van der Waals surface area contributed by atoms with Crippen LogP contribution in [0.25, 0.3) is 22.2 Å². The Kier molecular flexibility index (Phi) is 4.95. The number of hydrogen-bond donors (Lipinski definition) is 2. The number of anilines is 2. The Morgan fingerprint density at radius 2 is 1.87 bits per heavy atom. The number of nitrogens with one attached hydrogen (secondary N) is 1. The second-order valence-corrected chi connectivity index (χ2v) is 7.53. The molecule has 7 heteroatoms. The van der Waals surface area contributed by atoms with Gasteiger partial charge in [0.2, 0.25) is 5.91 Å². The fourth-order valence-electron chi connectivity index (χ4n) is 3.73. The van der Waals surface area contributed by atoms with Crippen LogP contribution in [-0.2, 0) is 18.3 Å². The molecule has 0 spiro atoms. The van der Waals surface area contributed by atoms with Crippen molar-refractivity contribution in [2.45, 2.75) is 27.2 Å². The molecule has 0 bridgehead atoms. The highest BCUT2D eigenvalue weighted by Gasteiger charge is 2.16. The Morgan fingerprint density at radius 1 is 1.07 bits per heavy atom. The third-order valence-electron chi connectivity index (χ3n) is 5.04. The van der Waals surface area contributed by atoms with Crippen molar-refractivity contribution in [1.29, 1.82) is 0 Å². The van der Waals surface area contributed by atoms with Gasteiger partial charge in [0.05, 0.1) is 11.8 Å². The molecular weight excluding hydrogens is 376 g/mol. The summed E-state index contributed by atoms with van der Waals surface area (Å²) >= 11 is 0. The van der Waals surface area contributed by atoms with E-state index in [0.29, 0.717) is 11.6 Å². The molecule has 7 nitrogen and oxygen atoms in total. The Labute approximate surface area is 175 Å². The molecule has 0 fully saturated rings. The highest BCUT2D eigenvalue weighted by atomic mass is 16.1. The number of nitrogens with zero attached hydrogens (tertiary/aromatic N) is 4. The van der Waals surface area contributed by atoms with E-state index in [9.17, 15) is 4.79 Å². The van der Waals surface area contributed by atoms with Crippen molar-refractivity contribution in [1.82, 2.24) is 19.5 Å². The van der Waals surface area contributed by atoms with Crippen LogP contribution in [0.3, 0.4) is 0 Å². The number of fused-ring (bicyclic) bond motifs is 1. The Hall–Kier alpha value is -3.74. The predicted octanol–water partition coefficient (Wildman–Crippen LogP) is 3.72. The molecule has 152 valence electrons. The molecule has 4 rings (SSSR count). The van der Waals surface area contributed by atoms with E-state index >= 15 is 0 Å². The summed E-state index contributed by atoms with van der Waals surface area (Å²) in [6.45, 7) is 5.75. The van der Waals surface area contributed by atoms with Crippen LogP contribution in [0.15, 0.2) is 42.6 Å². The van der Waals surface area contributed by atoms with E-state index in [1.165, 1.54) is 0 Å². The topological polar surface area (TPSA) is 98.7 Å². The van der Waals surface area contributed by atoms with Crippen molar-refractivity contribution >= 4 is 28.4 Å². The van der Waals surface area contributed by atoms with E-state index in [1.807, 2.05) is 75.0 Å². The number of carbonyl (C=O) groups excluding carboxylic acids is 1. The number of amides is 1. The van der Waals surface area contributed by atoms with Gasteiger partial charge >= 0.3 is 0 Å². The van der Waals surface area contributed by atoms with Crippen molar-refractivity contribution in [3.63, 3.8) is 0 Å². The first-order chi connectivity index (χ1) is 14.3. The summed E-state index contributed by atoms with van der Waals surface area (Å²) in [4.78, 5) is 25.7. The maximum Gasteiger partial charge on any atom is 0.230 e. The first-order valence-electron chi connectivity index (χ1n) is 9.74. The number of hydrogen-bond acceptors (Lipinski definition) is 5. The summed E-state index contributed by atoms with van der Waals surface area (Å²) < 4.78 is 1.96. The van der Waals surface area contributed by atoms with Gasteiger partial charge in [0.25, 0.3) is 0 Å². The molecular formula is C23H24N6O. The molecule has 1 aromatic carbocycles. The lowest BCUT2D eigenvalue weighted by molar-refractivity contribution is -0.115. The Balaban J connectivity index is 1.61. The van der Waals surface area contributed by atoms with Crippen LogP contribution in [0, 0.1) is 20.8 Å². The quantitative estimate of drug-likeness (QED) is 0.544. The molecule has 0 saturated carbocycles. The average molecular weight is 400 g/mol. The highest BCUT2D eigenvalue weighted by Crippen LogP contribution is 2.35. The maximum absolute atomic E-state index is 12.4. The Morgan fingerprint density at radius 3 is 2.60 bits per heavy atom. The molecule has 0 atom stereocenters. The van der Waals surface area contributed by atoms with Gasteiger partial charge in [-0.1, -0.05) is 12.1 Å². The summed E-state index contributed by atoms with van der Waals surface area (Å²) in [5.74, 6) is 1.01. The number of pyridine rings is 1. The van der Waals surface area contributed by atoms with Crippen molar-refractivity contribution in [3.8, 4) is 11.1 Å². The van der Waals surface area contributed by atoms with Crippen LogP contribution < -0.4 is 11.1 Å². The molecule has 0 radical (unpaired) electrons. The van der Waals surface area contributed by atoms with Crippen LogP contribution in [-0.4, -0.2) is 25.4 Å². The van der Waals surface area contributed by atoms with Crippen LogP contribution >= 0.6 is 0 Å².